The van der Waals surface area contributed by atoms with Gasteiger partial charge in [0.1, 0.15) is 0 Å². The molecule has 5 heteroatoms. The summed E-state index contributed by atoms with van der Waals surface area (Å²) in [7, 11) is 0. The summed E-state index contributed by atoms with van der Waals surface area (Å²) >= 11 is 8.02. The molecule has 66 valence electrons. The minimum atomic E-state index is -0.833. The van der Waals surface area contributed by atoms with Crippen LogP contribution in [0.25, 0.3) is 0 Å². The summed E-state index contributed by atoms with van der Waals surface area (Å²) in [5.41, 5.74) is 0. The maximum Gasteiger partial charge on any atom is 0.303 e. The highest BCUT2D eigenvalue weighted by Gasteiger charge is 2.18. The van der Waals surface area contributed by atoms with Gasteiger partial charge in [0.15, 0.2) is 0 Å². The normalized spacial score (nSPS) is 11.5. The third-order valence-corrected chi connectivity index (χ3v) is 1.95. The monoisotopic (exact) mass is 196 g/mol. The highest BCUT2D eigenvalue weighted by molar-refractivity contribution is 8.00. The molecule has 0 aromatic heterocycles. The summed E-state index contributed by atoms with van der Waals surface area (Å²) in [5.74, 6) is -0.833. The summed E-state index contributed by atoms with van der Waals surface area (Å²) in [6.45, 7) is -0.154. The average Bonchev–Trinajstić information content (AvgIpc) is 1.87. The van der Waals surface area contributed by atoms with Gasteiger partial charge in [-0.1, -0.05) is 0 Å². The predicted octanol–water partition coefficient (Wildman–Crippen LogP) is 0.789. The number of aliphatic carboxylic acids is 1. The molecule has 0 spiro atoms. The van der Waals surface area contributed by atoms with Crippen LogP contribution < -0.4 is 0 Å². The number of thiol groups is 2. The fourth-order valence-corrected chi connectivity index (χ4v) is 0.918. The second-order valence-electron chi connectivity index (χ2n) is 2.39. The van der Waals surface area contributed by atoms with Gasteiger partial charge in [-0.3, -0.25) is 4.79 Å². The minimum Gasteiger partial charge on any atom is -0.481 e. The zero-order chi connectivity index (χ0) is 8.91. The molecule has 0 aromatic rings. The van der Waals surface area contributed by atoms with Crippen molar-refractivity contribution in [2.24, 2.45) is 0 Å². The van der Waals surface area contributed by atoms with Crippen molar-refractivity contribution in [3.63, 3.8) is 0 Å². The molecule has 0 unspecified atom stereocenters. The lowest BCUT2D eigenvalue weighted by Gasteiger charge is -2.18. The van der Waals surface area contributed by atoms with E-state index in [1.54, 1.807) is 0 Å². The fraction of sp³-hybridized carbons (Fsp3) is 0.833. The number of carboxylic acids is 1. The fourth-order valence-electron chi connectivity index (χ4n) is 0.602. The van der Waals surface area contributed by atoms with Gasteiger partial charge in [0, 0.05) is 6.42 Å². The molecule has 3 nitrogen and oxygen atoms in total. The van der Waals surface area contributed by atoms with Gasteiger partial charge in [-0.2, -0.15) is 25.3 Å². The first kappa shape index (κ1) is 11.1. The van der Waals surface area contributed by atoms with E-state index in [2.05, 4.69) is 25.3 Å². The third-order valence-electron chi connectivity index (χ3n) is 1.22. The summed E-state index contributed by atoms with van der Waals surface area (Å²) in [6.07, 6.45) is 1.08. The lowest BCUT2D eigenvalue weighted by atomic mass is 10.2. The zero-order valence-electron chi connectivity index (χ0n) is 6.03. The molecule has 0 aliphatic heterocycles. The van der Waals surface area contributed by atoms with Crippen molar-refractivity contribution in [3.05, 3.63) is 0 Å². The molecule has 0 atom stereocenters. The van der Waals surface area contributed by atoms with Crippen molar-refractivity contribution in [2.45, 2.75) is 23.3 Å². The molecule has 0 fully saturated rings. The van der Waals surface area contributed by atoms with Gasteiger partial charge in [-0.25, -0.2) is 0 Å². The number of rotatable bonds is 5. The summed E-state index contributed by atoms with van der Waals surface area (Å²) in [4.78, 5) is 10.1. The van der Waals surface area contributed by atoms with E-state index in [0.29, 0.717) is 12.8 Å². The zero-order valence-corrected chi connectivity index (χ0v) is 7.81. The quantitative estimate of drug-likeness (QED) is 0.388. The second kappa shape index (κ2) is 4.90. The standard InChI is InChI=1S/C6H12O3S2/c7-4-6(10,11)3-1-2-5(8)9/h7,10-11H,1-4H2,(H,8,9). The first-order valence-corrected chi connectivity index (χ1v) is 4.15. The summed E-state index contributed by atoms with van der Waals surface area (Å²) in [5, 5.41) is 16.9. The Labute approximate surface area is 76.6 Å². The molecule has 0 rings (SSSR count). The van der Waals surface area contributed by atoms with E-state index in [1.165, 1.54) is 0 Å². The Balaban J connectivity index is 3.45. The number of hydrogen-bond acceptors (Lipinski definition) is 4. The number of carbonyl (C=O) groups is 1. The topological polar surface area (TPSA) is 57.5 Å². The van der Waals surface area contributed by atoms with E-state index < -0.39 is 10.0 Å². The summed E-state index contributed by atoms with van der Waals surface area (Å²) < 4.78 is -0.741. The van der Waals surface area contributed by atoms with Crippen LogP contribution in [0, 0.1) is 0 Å². The van der Waals surface area contributed by atoms with E-state index in [9.17, 15) is 4.79 Å². The molecule has 0 heterocycles. The van der Waals surface area contributed by atoms with Crippen molar-refractivity contribution in [1.82, 2.24) is 0 Å². The van der Waals surface area contributed by atoms with Crippen LogP contribution in [-0.2, 0) is 4.79 Å². The van der Waals surface area contributed by atoms with Gasteiger partial charge < -0.3 is 10.2 Å². The number of aliphatic hydroxyl groups excluding tert-OH is 1. The lowest BCUT2D eigenvalue weighted by Crippen LogP contribution is -2.18. The average molecular weight is 196 g/mol. The molecule has 0 aliphatic carbocycles. The highest BCUT2D eigenvalue weighted by atomic mass is 32.2. The lowest BCUT2D eigenvalue weighted by molar-refractivity contribution is -0.137. The molecular formula is C6H12O3S2. The minimum absolute atomic E-state index is 0.100. The van der Waals surface area contributed by atoms with Crippen molar-refractivity contribution < 1.29 is 15.0 Å². The first-order valence-electron chi connectivity index (χ1n) is 3.25. The third kappa shape index (κ3) is 6.52. The van der Waals surface area contributed by atoms with Gasteiger partial charge >= 0.3 is 5.97 Å². The Morgan fingerprint density at radius 1 is 1.45 bits per heavy atom. The molecule has 0 radical (unpaired) electrons. The van der Waals surface area contributed by atoms with Crippen LogP contribution in [0.3, 0.4) is 0 Å². The molecule has 11 heavy (non-hydrogen) atoms. The van der Waals surface area contributed by atoms with Crippen molar-refractivity contribution in [2.75, 3.05) is 6.61 Å². The smallest absolute Gasteiger partial charge is 0.303 e. The van der Waals surface area contributed by atoms with Crippen LogP contribution in [-0.4, -0.2) is 26.9 Å². The number of aliphatic hydroxyl groups is 1. The maximum absolute atomic E-state index is 10.1. The van der Waals surface area contributed by atoms with Gasteiger partial charge in [0.2, 0.25) is 0 Å². The maximum atomic E-state index is 10.1. The Kier molecular flexibility index (Phi) is 4.96. The van der Waals surface area contributed by atoms with E-state index >= 15 is 0 Å². The highest BCUT2D eigenvalue weighted by Crippen LogP contribution is 2.25. The Hall–Kier alpha value is 0.130. The van der Waals surface area contributed by atoms with Gasteiger partial charge in [0.05, 0.1) is 10.7 Å². The van der Waals surface area contributed by atoms with Crippen molar-refractivity contribution >= 4 is 31.2 Å². The van der Waals surface area contributed by atoms with Crippen LogP contribution in [0.5, 0.6) is 0 Å². The van der Waals surface area contributed by atoms with Gasteiger partial charge in [-0.15, -0.1) is 0 Å². The van der Waals surface area contributed by atoms with E-state index in [1.807, 2.05) is 0 Å². The Morgan fingerprint density at radius 3 is 2.36 bits per heavy atom. The second-order valence-corrected chi connectivity index (χ2v) is 4.45. The van der Waals surface area contributed by atoms with Gasteiger partial charge in [0.25, 0.3) is 0 Å². The number of hydrogen-bond donors (Lipinski definition) is 4. The number of carboxylic acid groups (broad SMARTS) is 1. The van der Waals surface area contributed by atoms with Crippen molar-refractivity contribution in [1.29, 1.82) is 0 Å². The van der Waals surface area contributed by atoms with Crippen LogP contribution in [0.15, 0.2) is 0 Å². The molecule has 0 amide bonds. The molecule has 0 saturated carbocycles. The Bertz CT molecular complexity index is 136. The molecular weight excluding hydrogens is 184 g/mol. The molecule has 0 bridgehead atoms. The molecule has 0 saturated heterocycles. The van der Waals surface area contributed by atoms with E-state index in [0.717, 1.165) is 0 Å². The van der Waals surface area contributed by atoms with Gasteiger partial charge in [-0.05, 0) is 12.8 Å². The predicted molar refractivity (Wildman–Crippen MR) is 49.3 cm³/mol. The van der Waals surface area contributed by atoms with Crippen LogP contribution >= 0.6 is 25.3 Å². The Morgan fingerprint density at radius 2 is 2.00 bits per heavy atom. The van der Waals surface area contributed by atoms with E-state index in [-0.39, 0.29) is 13.0 Å². The van der Waals surface area contributed by atoms with Crippen LogP contribution in [0.2, 0.25) is 0 Å². The molecule has 2 N–H and O–H groups in total. The molecule has 0 aliphatic rings. The van der Waals surface area contributed by atoms with Crippen LogP contribution in [0.1, 0.15) is 19.3 Å². The SMILES string of the molecule is O=C(O)CCCC(S)(S)CO. The van der Waals surface area contributed by atoms with Crippen LogP contribution in [0.4, 0.5) is 0 Å². The van der Waals surface area contributed by atoms with E-state index in [4.69, 9.17) is 10.2 Å². The largest absolute Gasteiger partial charge is 0.481 e. The molecule has 0 aromatic carbocycles. The van der Waals surface area contributed by atoms with Crippen molar-refractivity contribution in [3.8, 4) is 0 Å². The summed E-state index contributed by atoms with van der Waals surface area (Å²) in [6, 6.07) is 0. The first-order chi connectivity index (χ1) is 4.98.